The first-order chi connectivity index (χ1) is 16.3. The third kappa shape index (κ3) is 4.79. The molecule has 172 valence electrons. The van der Waals surface area contributed by atoms with Crippen molar-refractivity contribution in [1.82, 2.24) is 19.9 Å². The van der Waals surface area contributed by atoms with E-state index in [0.717, 1.165) is 0 Å². The molecule has 0 bridgehead atoms. The Bertz CT molecular complexity index is 1520. The van der Waals surface area contributed by atoms with Crippen LogP contribution in [-0.2, 0) is 10.0 Å². The number of amides is 1. The summed E-state index contributed by atoms with van der Waals surface area (Å²) in [6, 6.07) is 9.75. The molecule has 3 aromatic heterocycles. The Kier molecular flexibility index (Phi) is 5.80. The first kappa shape index (κ1) is 22.5. The molecule has 1 aliphatic carbocycles. The Balaban J connectivity index is 1.43. The number of aromatic nitrogens is 4. The van der Waals surface area contributed by atoms with Crippen molar-refractivity contribution in [3.63, 3.8) is 0 Å². The highest BCUT2D eigenvalue weighted by atomic mass is 35.5. The Morgan fingerprint density at radius 1 is 1.00 bits per heavy atom. The van der Waals surface area contributed by atoms with E-state index in [1.807, 2.05) is 0 Å². The van der Waals surface area contributed by atoms with Crippen LogP contribution in [0, 0.1) is 0 Å². The Morgan fingerprint density at radius 2 is 1.76 bits per heavy atom. The van der Waals surface area contributed by atoms with E-state index in [2.05, 4.69) is 30.0 Å². The Morgan fingerprint density at radius 3 is 2.50 bits per heavy atom. The summed E-state index contributed by atoms with van der Waals surface area (Å²) in [6.45, 7) is 0. The number of nitrogens with zero attached hydrogens (tertiary/aromatic N) is 4. The van der Waals surface area contributed by atoms with Gasteiger partial charge in [-0.2, -0.15) is 0 Å². The van der Waals surface area contributed by atoms with Crippen molar-refractivity contribution in [1.29, 1.82) is 0 Å². The number of hydrogen-bond acceptors (Lipinski definition) is 7. The SMILES string of the molecule is O=C(Nc1ccncc1-c1cc(Cl)nc(Cl)c1)c1ncc2ccc(NS(=O)(=O)C3CC3)cc2n1. The molecule has 0 unspecified atom stereocenters. The van der Waals surface area contributed by atoms with Gasteiger partial charge in [-0.3, -0.25) is 14.5 Å². The van der Waals surface area contributed by atoms with E-state index in [1.165, 1.54) is 12.4 Å². The number of halogens is 2. The van der Waals surface area contributed by atoms with E-state index >= 15 is 0 Å². The summed E-state index contributed by atoms with van der Waals surface area (Å²) in [5, 5.41) is 3.50. The van der Waals surface area contributed by atoms with Crippen LogP contribution < -0.4 is 10.0 Å². The molecule has 34 heavy (non-hydrogen) atoms. The zero-order chi connectivity index (χ0) is 23.9. The minimum Gasteiger partial charge on any atom is -0.319 e. The second kappa shape index (κ2) is 8.79. The van der Waals surface area contributed by atoms with Crippen LogP contribution in [0.1, 0.15) is 23.5 Å². The van der Waals surface area contributed by atoms with Crippen LogP contribution in [0.3, 0.4) is 0 Å². The third-order valence-electron chi connectivity index (χ3n) is 5.15. The molecule has 12 heteroatoms. The zero-order valence-electron chi connectivity index (χ0n) is 17.4. The minimum absolute atomic E-state index is 0.0803. The fourth-order valence-corrected chi connectivity index (χ4v) is 5.19. The van der Waals surface area contributed by atoms with Gasteiger partial charge in [-0.05, 0) is 54.8 Å². The number of carbonyl (C=O) groups excluding carboxylic acids is 1. The maximum Gasteiger partial charge on any atom is 0.293 e. The maximum absolute atomic E-state index is 13.0. The molecule has 0 spiro atoms. The summed E-state index contributed by atoms with van der Waals surface area (Å²) in [6.07, 6.45) is 5.92. The summed E-state index contributed by atoms with van der Waals surface area (Å²) in [5.41, 5.74) is 2.47. The van der Waals surface area contributed by atoms with Crippen molar-refractivity contribution in [2.75, 3.05) is 10.0 Å². The average molecular weight is 515 g/mol. The van der Waals surface area contributed by atoms with Crippen molar-refractivity contribution in [3.8, 4) is 11.1 Å². The molecule has 3 heterocycles. The molecule has 1 aliphatic rings. The van der Waals surface area contributed by atoms with Crippen molar-refractivity contribution >= 4 is 61.4 Å². The van der Waals surface area contributed by atoms with Gasteiger partial charge < -0.3 is 5.32 Å². The molecule has 5 rings (SSSR count). The second-order valence-electron chi connectivity index (χ2n) is 7.69. The summed E-state index contributed by atoms with van der Waals surface area (Å²) in [5.74, 6) is -0.632. The van der Waals surface area contributed by atoms with Gasteiger partial charge in [-0.15, -0.1) is 0 Å². The van der Waals surface area contributed by atoms with Gasteiger partial charge in [0.2, 0.25) is 15.8 Å². The molecule has 0 saturated heterocycles. The summed E-state index contributed by atoms with van der Waals surface area (Å²) < 4.78 is 27.0. The number of fused-ring (bicyclic) bond motifs is 1. The number of nitrogens with one attached hydrogen (secondary N) is 2. The maximum atomic E-state index is 13.0. The van der Waals surface area contributed by atoms with E-state index < -0.39 is 15.9 Å². The minimum atomic E-state index is -3.42. The quantitative estimate of drug-likeness (QED) is 0.361. The van der Waals surface area contributed by atoms with Crippen molar-refractivity contribution in [3.05, 3.63) is 71.1 Å². The molecular weight excluding hydrogens is 499 g/mol. The fourth-order valence-electron chi connectivity index (χ4n) is 3.35. The molecule has 1 saturated carbocycles. The highest BCUT2D eigenvalue weighted by molar-refractivity contribution is 7.93. The van der Waals surface area contributed by atoms with Gasteiger partial charge >= 0.3 is 0 Å². The fraction of sp³-hybridized carbons (Fsp3) is 0.136. The van der Waals surface area contributed by atoms with Crippen LogP contribution in [0.15, 0.2) is 55.0 Å². The summed E-state index contributed by atoms with van der Waals surface area (Å²) >= 11 is 12.0. The van der Waals surface area contributed by atoms with Crippen molar-refractivity contribution < 1.29 is 13.2 Å². The number of sulfonamides is 1. The highest BCUT2D eigenvalue weighted by Gasteiger charge is 2.35. The molecule has 4 aromatic rings. The lowest BCUT2D eigenvalue weighted by Gasteiger charge is -2.11. The molecule has 2 N–H and O–H groups in total. The van der Waals surface area contributed by atoms with Gasteiger partial charge in [0.1, 0.15) is 10.3 Å². The topological polar surface area (TPSA) is 127 Å². The van der Waals surface area contributed by atoms with Crippen LogP contribution in [0.2, 0.25) is 10.3 Å². The predicted octanol–water partition coefficient (Wildman–Crippen LogP) is 4.55. The molecule has 0 aliphatic heterocycles. The van der Waals surface area contributed by atoms with Gasteiger partial charge in [0.25, 0.3) is 5.91 Å². The molecule has 1 aromatic carbocycles. The van der Waals surface area contributed by atoms with E-state index in [1.54, 1.807) is 42.6 Å². The molecule has 1 fully saturated rings. The second-order valence-corrected chi connectivity index (χ2v) is 10.4. The zero-order valence-corrected chi connectivity index (χ0v) is 19.7. The number of carbonyl (C=O) groups is 1. The van der Waals surface area contributed by atoms with Crippen LogP contribution in [0.5, 0.6) is 0 Å². The van der Waals surface area contributed by atoms with Crippen LogP contribution in [-0.4, -0.2) is 39.5 Å². The number of hydrogen-bond donors (Lipinski definition) is 2. The number of anilines is 2. The molecule has 0 atom stereocenters. The Hall–Kier alpha value is -3.34. The lowest BCUT2D eigenvalue weighted by molar-refractivity contribution is 0.101. The normalized spacial score (nSPS) is 13.6. The van der Waals surface area contributed by atoms with Crippen LogP contribution in [0.4, 0.5) is 11.4 Å². The molecule has 9 nitrogen and oxygen atoms in total. The lowest BCUT2D eigenvalue weighted by atomic mass is 10.1. The van der Waals surface area contributed by atoms with Crippen molar-refractivity contribution in [2.45, 2.75) is 18.1 Å². The van der Waals surface area contributed by atoms with E-state index in [4.69, 9.17) is 23.2 Å². The first-order valence-electron chi connectivity index (χ1n) is 10.2. The highest BCUT2D eigenvalue weighted by Crippen LogP contribution is 2.31. The van der Waals surface area contributed by atoms with Gasteiger partial charge in [0.05, 0.1) is 22.1 Å². The molecular formula is C22H16Cl2N6O3S. The summed E-state index contributed by atoms with van der Waals surface area (Å²) in [4.78, 5) is 29.5. The van der Waals surface area contributed by atoms with E-state index in [-0.39, 0.29) is 21.4 Å². The first-order valence-corrected chi connectivity index (χ1v) is 12.5. The van der Waals surface area contributed by atoms with Gasteiger partial charge in [-0.25, -0.2) is 23.4 Å². The Labute approximate surface area is 204 Å². The largest absolute Gasteiger partial charge is 0.319 e. The van der Waals surface area contributed by atoms with Crippen LogP contribution >= 0.6 is 23.2 Å². The molecule has 0 radical (unpaired) electrons. The lowest BCUT2D eigenvalue weighted by Crippen LogP contribution is -2.17. The van der Waals surface area contributed by atoms with E-state index in [0.29, 0.717) is 46.2 Å². The van der Waals surface area contributed by atoms with E-state index in [9.17, 15) is 13.2 Å². The average Bonchev–Trinajstić information content (AvgIpc) is 3.64. The number of rotatable bonds is 6. The van der Waals surface area contributed by atoms with Gasteiger partial charge in [-0.1, -0.05) is 23.2 Å². The third-order valence-corrected chi connectivity index (χ3v) is 7.41. The number of benzene rings is 1. The predicted molar refractivity (Wildman–Crippen MR) is 131 cm³/mol. The van der Waals surface area contributed by atoms with Crippen LogP contribution in [0.25, 0.3) is 22.0 Å². The van der Waals surface area contributed by atoms with Gasteiger partial charge in [0, 0.05) is 29.5 Å². The van der Waals surface area contributed by atoms with Crippen molar-refractivity contribution in [2.24, 2.45) is 0 Å². The standard InChI is InChI=1S/C22H16Cl2N6O3S/c23-19-7-13(8-20(24)29-19)16-11-25-6-5-17(16)28-22(31)21-26-10-12-1-2-14(9-18(12)27-21)30-34(32,33)15-3-4-15/h1-2,5-11,15,30H,3-4H2,(H,25,28,31). The number of pyridine rings is 2. The smallest absolute Gasteiger partial charge is 0.293 e. The van der Waals surface area contributed by atoms with Gasteiger partial charge in [0.15, 0.2) is 0 Å². The molecule has 1 amide bonds. The summed E-state index contributed by atoms with van der Waals surface area (Å²) in [7, 11) is -3.42. The monoisotopic (exact) mass is 514 g/mol.